The molecule has 1 aliphatic heterocycles. The van der Waals surface area contributed by atoms with Gasteiger partial charge in [0.05, 0.1) is 18.3 Å². The van der Waals surface area contributed by atoms with Gasteiger partial charge in [0.15, 0.2) is 0 Å². The Balaban J connectivity index is 2.67. The van der Waals surface area contributed by atoms with Gasteiger partial charge in [0.1, 0.15) is 5.00 Å². The van der Waals surface area contributed by atoms with Crippen molar-refractivity contribution in [2.24, 2.45) is 0 Å². The summed E-state index contributed by atoms with van der Waals surface area (Å²) in [6, 6.07) is 0.108. The molecule has 0 aliphatic carbocycles. The van der Waals surface area contributed by atoms with Crippen molar-refractivity contribution in [3.63, 3.8) is 0 Å². The average Bonchev–Trinajstić information content (AvgIpc) is 1.95. The Morgan fingerprint density at radius 3 is 2.91 bits per heavy atom. The zero-order valence-corrected chi connectivity index (χ0v) is 7.44. The lowest BCUT2D eigenvalue weighted by molar-refractivity contribution is 0.296. The van der Waals surface area contributed by atoms with Gasteiger partial charge in [0.2, 0.25) is 0 Å². The van der Waals surface area contributed by atoms with Crippen LogP contribution in [0.2, 0.25) is 0 Å². The van der Waals surface area contributed by atoms with Gasteiger partial charge < -0.3 is 15.7 Å². The number of rotatable bonds is 1. The van der Waals surface area contributed by atoms with E-state index >= 15 is 0 Å². The minimum atomic E-state index is -0.460. The largest absolute Gasteiger partial charge is 0.390 e. The number of aliphatic hydroxyl groups is 1. The van der Waals surface area contributed by atoms with E-state index in [4.69, 9.17) is 16.7 Å². The Labute approximate surface area is 71.4 Å². The van der Waals surface area contributed by atoms with Gasteiger partial charge in [-0.15, -0.1) is 0 Å². The highest BCUT2D eigenvalue weighted by atomic mass is 35.5. The lowest BCUT2D eigenvalue weighted by Crippen LogP contribution is -2.54. The highest BCUT2D eigenvalue weighted by molar-refractivity contribution is 6.24. The molecule has 0 radical (unpaired) electrons. The van der Waals surface area contributed by atoms with Crippen molar-refractivity contribution >= 4 is 11.6 Å². The van der Waals surface area contributed by atoms with Gasteiger partial charge in [0.25, 0.3) is 0 Å². The molecule has 1 rings (SSSR count). The maximum absolute atomic E-state index is 8.77. The van der Waals surface area contributed by atoms with Crippen LogP contribution >= 0.6 is 11.6 Å². The first kappa shape index (κ1) is 8.68. The number of aliphatic hydroxyl groups excluding tert-OH is 1. The quantitative estimate of drug-likeness (QED) is 0.399. The molecule has 0 amide bonds. The van der Waals surface area contributed by atoms with Crippen LogP contribution in [0, 0.1) is 0 Å². The van der Waals surface area contributed by atoms with Gasteiger partial charge in [-0.25, -0.2) is 0 Å². The van der Waals surface area contributed by atoms with Gasteiger partial charge in [0, 0.05) is 6.20 Å². The van der Waals surface area contributed by atoms with Crippen molar-refractivity contribution in [3.05, 3.63) is 11.9 Å². The zero-order chi connectivity index (χ0) is 8.48. The molecule has 2 unspecified atom stereocenters. The predicted molar refractivity (Wildman–Crippen MR) is 45.2 cm³/mol. The van der Waals surface area contributed by atoms with E-state index in [-0.39, 0.29) is 12.6 Å². The van der Waals surface area contributed by atoms with Crippen LogP contribution in [-0.2, 0) is 0 Å². The second-order valence-electron chi connectivity index (χ2n) is 2.91. The Morgan fingerprint density at radius 2 is 2.45 bits per heavy atom. The molecular formula is C7H13ClN2O. The van der Waals surface area contributed by atoms with E-state index in [0.29, 0.717) is 0 Å². The number of alkyl halides is 1. The van der Waals surface area contributed by atoms with E-state index < -0.39 is 5.00 Å². The molecule has 11 heavy (non-hydrogen) atoms. The summed E-state index contributed by atoms with van der Waals surface area (Å²) in [6.07, 6.45) is 1.70. The third-order valence-corrected chi connectivity index (χ3v) is 2.35. The van der Waals surface area contributed by atoms with Gasteiger partial charge in [-0.3, -0.25) is 0 Å². The highest BCUT2D eigenvalue weighted by Gasteiger charge is 2.30. The number of halogens is 1. The minimum absolute atomic E-state index is 0.0182. The van der Waals surface area contributed by atoms with Gasteiger partial charge >= 0.3 is 0 Å². The number of hydrogen-bond donors (Lipinski definition) is 3. The van der Waals surface area contributed by atoms with Crippen LogP contribution in [0.4, 0.5) is 0 Å². The predicted octanol–water partition coefficient (Wildman–Crippen LogP) is 0.356. The van der Waals surface area contributed by atoms with Gasteiger partial charge in [-0.2, -0.15) is 0 Å². The molecular weight excluding hydrogens is 164 g/mol. The fourth-order valence-electron chi connectivity index (χ4n) is 0.900. The Bertz CT molecular complexity index is 179. The zero-order valence-electron chi connectivity index (χ0n) is 6.69. The Hall–Kier alpha value is -0.410. The van der Waals surface area contributed by atoms with Crippen molar-refractivity contribution < 1.29 is 5.11 Å². The van der Waals surface area contributed by atoms with Crippen molar-refractivity contribution in [3.8, 4) is 0 Å². The van der Waals surface area contributed by atoms with Crippen molar-refractivity contribution in [2.75, 3.05) is 6.61 Å². The monoisotopic (exact) mass is 176 g/mol. The van der Waals surface area contributed by atoms with E-state index in [1.54, 1.807) is 6.20 Å². The van der Waals surface area contributed by atoms with Gasteiger partial charge in [-0.05, 0) is 13.8 Å². The van der Waals surface area contributed by atoms with Crippen LogP contribution in [0.5, 0.6) is 0 Å². The third-order valence-electron chi connectivity index (χ3n) is 1.91. The van der Waals surface area contributed by atoms with Crippen molar-refractivity contribution in [2.45, 2.75) is 24.9 Å². The molecule has 1 aliphatic rings. The first-order valence-electron chi connectivity index (χ1n) is 3.59. The maximum atomic E-state index is 8.77. The normalized spacial score (nSPS) is 37.1. The summed E-state index contributed by atoms with van der Waals surface area (Å²) in [5, 5.41) is 14.8. The molecule has 0 aromatic heterocycles. The molecule has 0 saturated carbocycles. The van der Waals surface area contributed by atoms with E-state index in [0.717, 1.165) is 5.70 Å². The summed E-state index contributed by atoms with van der Waals surface area (Å²) in [5.41, 5.74) is 0.774. The Morgan fingerprint density at radius 1 is 1.82 bits per heavy atom. The molecule has 0 aromatic rings. The molecule has 3 N–H and O–H groups in total. The van der Waals surface area contributed by atoms with Crippen LogP contribution < -0.4 is 10.6 Å². The number of nitrogens with one attached hydrogen (secondary N) is 2. The summed E-state index contributed by atoms with van der Waals surface area (Å²) in [4.78, 5) is -0.460. The average molecular weight is 177 g/mol. The van der Waals surface area contributed by atoms with Crippen molar-refractivity contribution in [1.29, 1.82) is 0 Å². The molecule has 0 fully saturated rings. The molecule has 0 spiro atoms. The van der Waals surface area contributed by atoms with E-state index in [1.165, 1.54) is 0 Å². The number of hydrogen-bond acceptors (Lipinski definition) is 3. The van der Waals surface area contributed by atoms with Crippen LogP contribution in [0.3, 0.4) is 0 Å². The molecule has 3 nitrogen and oxygen atoms in total. The first-order valence-corrected chi connectivity index (χ1v) is 3.97. The first-order chi connectivity index (χ1) is 5.06. The van der Waals surface area contributed by atoms with Crippen LogP contribution in [0.25, 0.3) is 0 Å². The molecule has 0 bridgehead atoms. The summed E-state index contributed by atoms with van der Waals surface area (Å²) in [5.74, 6) is 0. The second kappa shape index (κ2) is 2.91. The van der Waals surface area contributed by atoms with Gasteiger partial charge in [-0.1, -0.05) is 11.6 Å². The van der Waals surface area contributed by atoms with Crippen LogP contribution in [0.1, 0.15) is 13.8 Å². The summed E-state index contributed by atoms with van der Waals surface area (Å²) in [6.45, 7) is 3.86. The highest BCUT2D eigenvalue weighted by Crippen LogP contribution is 2.19. The minimum Gasteiger partial charge on any atom is -0.390 e. The van der Waals surface area contributed by atoms with E-state index in [9.17, 15) is 0 Å². The maximum Gasteiger partial charge on any atom is 0.129 e. The fraction of sp³-hybridized carbons (Fsp3) is 0.714. The second-order valence-corrected chi connectivity index (χ2v) is 3.70. The topological polar surface area (TPSA) is 44.3 Å². The van der Waals surface area contributed by atoms with E-state index in [1.807, 2.05) is 13.8 Å². The Kier molecular flexibility index (Phi) is 2.30. The van der Waals surface area contributed by atoms with Crippen LogP contribution in [-0.4, -0.2) is 22.8 Å². The molecule has 4 heteroatoms. The van der Waals surface area contributed by atoms with Crippen molar-refractivity contribution in [1.82, 2.24) is 10.6 Å². The molecule has 64 valence electrons. The summed E-state index contributed by atoms with van der Waals surface area (Å²) < 4.78 is 0. The molecule has 0 saturated heterocycles. The fourth-order valence-corrected chi connectivity index (χ4v) is 1.01. The van der Waals surface area contributed by atoms with E-state index in [2.05, 4.69) is 10.6 Å². The standard InChI is InChI=1S/C7H13ClN2O/c1-5-7(2,8)9-3-6(4-11)10-5/h3,5,9-11H,4H2,1-2H3. The molecule has 0 aromatic carbocycles. The lowest BCUT2D eigenvalue weighted by Gasteiger charge is -2.36. The summed E-state index contributed by atoms with van der Waals surface area (Å²) in [7, 11) is 0. The molecule has 2 atom stereocenters. The SMILES string of the molecule is CC1NC(CO)=CNC1(C)Cl. The lowest BCUT2D eigenvalue weighted by atomic mass is 10.1. The third kappa shape index (κ3) is 1.79. The smallest absolute Gasteiger partial charge is 0.129 e. The molecule has 1 heterocycles. The van der Waals surface area contributed by atoms with Crippen LogP contribution in [0.15, 0.2) is 11.9 Å². The summed E-state index contributed by atoms with van der Waals surface area (Å²) >= 11 is 6.04.